The third kappa shape index (κ3) is 3.02. The van der Waals surface area contributed by atoms with Crippen molar-refractivity contribution in [2.45, 2.75) is 37.9 Å². The van der Waals surface area contributed by atoms with Crippen LogP contribution >= 0.6 is 11.3 Å². The van der Waals surface area contributed by atoms with E-state index in [1.54, 1.807) is 6.92 Å². The molecule has 1 fully saturated rings. The van der Waals surface area contributed by atoms with Crippen molar-refractivity contribution in [1.82, 2.24) is 10.3 Å². The number of alkyl halides is 3. The smallest absolute Gasteiger partial charge is 0.368 e. The highest BCUT2D eigenvalue weighted by Gasteiger charge is 2.50. The van der Waals surface area contributed by atoms with E-state index in [-0.39, 0.29) is 18.0 Å². The summed E-state index contributed by atoms with van der Waals surface area (Å²) in [6, 6.07) is 0. The van der Waals surface area contributed by atoms with Crippen LogP contribution in [0.5, 0.6) is 0 Å². The largest absolute Gasteiger partial charge is 0.443 e. The summed E-state index contributed by atoms with van der Waals surface area (Å²) in [5, 5.41) is 2.41. The first kappa shape index (κ1) is 15.7. The van der Waals surface area contributed by atoms with Crippen molar-refractivity contribution in [1.29, 1.82) is 0 Å². The molecule has 1 heterocycles. The molecule has 1 unspecified atom stereocenters. The molecule has 116 valence electrons. The SMILES string of the molecule is CCC(NC(=O)c1csc(C(F)(F)F)n1)(C(N)=O)C1CC1. The van der Waals surface area contributed by atoms with E-state index >= 15 is 0 Å². The molecule has 3 N–H and O–H groups in total. The number of carbonyl (C=O) groups excluding carboxylic acids is 2. The highest BCUT2D eigenvalue weighted by atomic mass is 32.1. The fourth-order valence-corrected chi connectivity index (χ4v) is 2.93. The van der Waals surface area contributed by atoms with Crippen LogP contribution in [0.2, 0.25) is 0 Å². The van der Waals surface area contributed by atoms with Crippen LogP contribution in [0.3, 0.4) is 0 Å². The molecule has 21 heavy (non-hydrogen) atoms. The topological polar surface area (TPSA) is 85.1 Å². The van der Waals surface area contributed by atoms with Gasteiger partial charge in [-0.1, -0.05) is 6.92 Å². The lowest BCUT2D eigenvalue weighted by Crippen LogP contribution is -2.58. The lowest BCUT2D eigenvalue weighted by atomic mass is 9.89. The zero-order valence-electron chi connectivity index (χ0n) is 11.2. The number of nitrogens with one attached hydrogen (secondary N) is 1. The van der Waals surface area contributed by atoms with Crippen LogP contribution in [-0.2, 0) is 11.0 Å². The lowest BCUT2D eigenvalue weighted by Gasteiger charge is -2.30. The van der Waals surface area contributed by atoms with Gasteiger partial charge in [0, 0.05) is 5.38 Å². The zero-order chi connectivity index (χ0) is 15.8. The van der Waals surface area contributed by atoms with E-state index in [1.165, 1.54) is 0 Å². The summed E-state index contributed by atoms with van der Waals surface area (Å²) in [5.41, 5.74) is 3.81. The quantitative estimate of drug-likeness (QED) is 0.869. The Labute approximate surface area is 122 Å². The maximum atomic E-state index is 12.5. The number of thiazole rings is 1. The predicted molar refractivity (Wildman–Crippen MR) is 69.5 cm³/mol. The summed E-state index contributed by atoms with van der Waals surface area (Å²) in [5.74, 6) is -1.55. The number of rotatable bonds is 5. The maximum Gasteiger partial charge on any atom is 0.443 e. The Morgan fingerprint density at radius 2 is 2.10 bits per heavy atom. The fraction of sp³-hybridized carbons (Fsp3) is 0.583. The first-order valence-corrected chi connectivity index (χ1v) is 7.24. The van der Waals surface area contributed by atoms with Gasteiger partial charge in [-0.3, -0.25) is 9.59 Å². The number of nitrogens with two attached hydrogens (primary N) is 1. The molecule has 1 aromatic rings. The number of amides is 2. The molecule has 2 amide bonds. The van der Waals surface area contributed by atoms with E-state index in [0.29, 0.717) is 11.3 Å². The van der Waals surface area contributed by atoms with Crippen LogP contribution in [0.15, 0.2) is 5.38 Å². The average molecular weight is 321 g/mol. The minimum absolute atomic E-state index is 0.0651. The molecule has 2 rings (SSSR count). The molecule has 0 radical (unpaired) electrons. The Morgan fingerprint density at radius 1 is 1.48 bits per heavy atom. The number of primary amides is 1. The highest BCUT2D eigenvalue weighted by molar-refractivity contribution is 7.09. The zero-order valence-corrected chi connectivity index (χ0v) is 12.0. The Morgan fingerprint density at radius 3 is 2.48 bits per heavy atom. The van der Waals surface area contributed by atoms with Gasteiger partial charge in [0.1, 0.15) is 11.2 Å². The first-order chi connectivity index (χ1) is 9.70. The van der Waals surface area contributed by atoms with Crippen molar-refractivity contribution in [3.8, 4) is 0 Å². The average Bonchev–Trinajstić information content (AvgIpc) is 3.10. The minimum atomic E-state index is -4.59. The van der Waals surface area contributed by atoms with Gasteiger partial charge in [-0.25, -0.2) is 4.98 Å². The standard InChI is InChI=1S/C12H14F3N3O2S/c1-2-11(9(16)20,6-3-4-6)18-8(19)7-5-21-10(17-7)12(13,14)15/h5-6H,2-4H2,1H3,(H2,16,20)(H,18,19). The molecule has 0 spiro atoms. The van der Waals surface area contributed by atoms with Crippen molar-refractivity contribution in [2.75, 3.05) is 0 Å². The second-order valence-corrected chi connectivity index (χ2v) is 5.81. The number of hydrogen-bond donors (Lipinski definition) is 2. The molecule has 1 aliphatic carbocycles. The van der Waals surface area contributed by atoms with Gasteiger partial charge in [-0.2, -0.15) is 13.2 Å². The van der Waals surface area contributed by atoms with E-state index in [0.717, 1.165) is 18.2 Å². The fourth-order valence-electron chi connectivity index (χ4n) is 2.27. The van der Waals surface area contributed by atoms with E-state index in [9.17, 15) is 22.8 Å². The maximum absolute atomic E-state index is 12.5. The number of halogens is 3. The van der Waals surface area contributed by atoms with Crippen molar-refractivity contribution >= 4 is 23.2 Å². The van der Waals surface area contributed by atoms with Gasteiger partial charge < -0.3 is 11.1 Å². The van der Waals surface area contributed by atoms with E-state index in [1.807, 2.05) is 0 Å². The molecular weight excluding hydrogens is 307 g/mol. The molecule has 1 aromatic heterocycles. The van der Waals surface area contributed by atoms with Crippen LogP contribution in [-0.4, -0.2) is 22.3 Å². The monoisotopic (exact) mass is 321 g/mol. The molecule has 0 aliphatic heterocycles. The Kier molecular flexibility index (Phi) is 3.96. The van der Waals surface area contributed by atoms with Gasteiger partial charge in [0.15, 0.2) is 5.01 Å². The number of aromatic nitrogens is 1. The van der Waals surface area contributed by atoms with Crippen molar-refractivity contribution in [3.63, 3.8) is 0 Å². The molecular formula is C12H14F3N3O2S. The summed E-state index contributed by atoms with van der Waals surface area (Å²) < 4.78 is 37.4. The second-order valence-electron chi connectivity index (χ2n) is 4.95. The van der Waals surface area contributed by atoms with E-state index < -0.39 is 28.5 Å². The molecule has 9 heteroatoms. The molecule has 1 aliphatic rings. The summed E-state index contributed by atoms with van der Waals surface area (Å²) in [7, 11) is 0. The Balaban J connectivity index is 2.20. The molecule has 0 bridgehead atoms. The van der Waals surface area contributed by atoms with Crippen LogP contribution in [0.25, 0.3) is 0 Å². The lowest BCUT2D eigenvalue weighted by molar-refractivity contribution is -0.137. The van der Waals surface area contributed by atoms with Crippen LogP contribution in [0.4, 0.5) is 13.2 Å². The number of hydrogen-bond acceptors (Lipinski definition) is 4. The third-order valence-corrected chi connectivity index (χ3v) is 4.47. The minimum Gasteiger partial charge on any atom is -0.368 e. The summed E-state index contributed by atoms with van der Waals surface area (Å²) in [4.78, 5) is 27.0. The second kappa shape index (κ2) is 5.28. The van der Waals surface area contributed by atoms with Gasteiger partial charge in [0.25, 0.3) is 5.91 Å². The van der Waals surface area contributed by atoms with Crippen molar-refractivity contribution in [3.05, 3.63) is 16.1 Å². The molecule has 1 saturated carbocycles. The Hall–Kier alpha value is -1.64. The summed E-state index contributed by atoms with van der Waals surface area (Å²) in [6.07, 6.45) is -2.80. The van der Waals surface area contributed by atoms with Gasteiger partial charge in [0.2, 0.25) is 5.91 Å². The molecule has 0 aromatic carbocycles. The van der Waals surface area contributed by atoms with Gasteiger partial charge in [-0.15, -0.1) is 11.3 Å². The van der Waals surface area contributed by atoms with Crippen molar-refractivity contribution in [2.24, 2.45) is 11.7 Å². The predicted octanol–water partition coefficient (Wildman–Crippen LogP) is 1.94. The third-order valence-electron chi connectivity index (χ3n) is 3.59. The highest BCUT2D eigenvalue weighted by Crippen LogP contribution is 2.41. The van der Waals surface area contributed by atoms with Gasteiger partial charge in [-0.05, 0) is 25.2 Å². The number of nitrogens with zero attached hydrogens (tertiary/aromatic N) is 1. The summed E-state index contributed by atoms with van der Waals surface area (Å²) >= 11 is 0.338. The van der Waals surface area contributed by atoms with E-state index in [2.05, 4.69) is 10.3 Å². The Bertz CT molecular complexity index is 568. The molecule has 0 saturated heterocycles. The van der Waals surface area contributed by atoms with Gasteiger partial charge in [0.05, 0.1) is 0 Å². The van der Waals surface area contributed by atoms with E-state index in [4.69, 9.17) is 5.73 Å². The number of carbonyl (C=O) groups is 2. The molecule has 1 atom stereocenters. The van der Waals surface area contributed by atoms with Crippen LogP contribution in [0, 0.1) is 5.92 Å². The van der Waals surface area contributed by atoms with Crippen molar-refractivity contribution < 1.29 is 22.8 Å². The first-order valence-electron chi connectivity index (χ1n) is 6.36. The normalized spacial score (nSPS) is 18.1. The van der Waals surface area contributed by atoms with Crippen LogP contribution in [0.1, 0.15) is 41.7 Å². The molecule has 5 nitrogen and oxygen atoms in total. The van der Waals surface area contributed by atoms with Gasteiger partial charge >= 0.3 is 6.18 Å². The van der Waals surface area contributed by atoms with Crippen LogP contribution < -0.4 is 11.1 Å². The summed E-state index contributed by atoms with van der Waals surface area (Å²) in [6.45, 7) is 1.70.